The molecule has 0 spiro atoms. The summed E-state index contributed by atoms with van der Waals surface area (Å²) in [4.78, 5) is 0. The molecule has 0 saturated heterocycles. The Hall–Kier alpha value is -1.30. The number of benzene rings is 1. The van der Waals surface area contributed by atoms with Crippen molar-refractivity contribution < 1.29 is 0 Å². The maximum absolute atomic E-state index is 2.30. The lowest BCUT2D eigenvalue weighted by Crippen LogP contribution is -1.84. The number of allylic oxidation sites excluding steroid dienone is 4. The molecular formula is C13H16. The molecule has 0 radical (unpaired) electrons. The molecule has 68 valence electrons. The third kappa shape index (κ3) is 2.32. The molecule has 1 aliphatic rings. The molecule has 0 nitrogen and oxygen atoms in total. The second-order valence-corrected chi connectivity index (χ2v) is 3.01. The van der Waals surface area contributed by atoms with Gasteiger partial charge in [0.15, 0.2) is 0 Å². The summed E-state index contributed by atoms with van der Waals surface area (Å²) < 4.78 is 0. The molecule has 0 fully saturated rings. The molecule has 0 amide bonds. The molecule has 0 aromatic heterocycles. The molecule has 1 aliphatic carbocycles. The highest BCUT2D eigenvalue weighted by molar-refractivity contribution is 5.74. The van der Waals surface area contributed by atoms with Crippen LogP contribution < -0.4 is 0 Å². The minimum Gasteiger partial charge on any atom is -0.0836 e. The van der Waals surface area contributed by atoms with E-state index in [9.17, 15) is 0 Å². The first-order valence-corrected chi connectivity index (χ1v) is 4.39. The maximum atomic E-state index is 2.30. The first kappa shape index (κ1) is 9.79. The summed E-state index contributed by atoms with van der Waals surface area (Å²) in [6, 6.07) is 10.5. The van der Waals surface area contributed by atoms with Crippen molar-refractivity contribution in [1.82, 2.24) is 0 Å². The summed E-state index contributed by atoms with van der Waals surface area (Å²) in [5.41, 5.74) is 2.69. The summed E-state index contributed by atoms with van der Waals surface area (Å²) >= 11 is 0. The molecule has 0 unspecified atom stereocenters. The predicted molar refractivity (Wildman–Crippen MR) is 59.5 cm³/mol. The summed E-state index contributed by atoms with van der Waals surface area (Å²) in [5, 5.41) is 0. The van der Waals surface area contributed by atoms with Crippen molar-refractivity contribution in [1.29, 1.82) is 0 Å². The minimum absolute atomic E-state index is 0. The largest absolute Gasteiger partial charge is 0.0836 e. The highest BCUT2D eigenvalue weighted by atomic mass is 14.0. The average Bonchev–Trinajstić information content (AvgIpc) is 2.21. The number of hydrogen-bond acceptors (Lipinski definition) is 0. The third-order valence-electron chi connectivity index (χ3n) is 2.10. The van der Waals surface area contributed by atoms with Gasteiger partial charge in [-0.3, -0.25) is 0 Å². The van der Waals surface area contributed by atoms with Gasteiger partial charge in [0.05, 0.1) is 0 Å². The van der Waals surface area contributed by atoms with E-state index in [0.29, 0.717) is 0 Å². The van der Waals surface area contributed by atoms with Crippen LogP contribution in [-0.2, 0) is 0 Å². The van der Waals surface area contributed by atoms with E-state index in [1.807, 2.05) is 0 Å². The van der Waals surface area contributed by atoms with E-state index in [1.165, 1.54) is 24.0 Å². The quantitative estimate of drug-likeness (QED) is 0.599. The molecule has 2 rings (SSSR count). The Balaban J connectivity index is 0.000000845. The Morgan fingerprint density at radius 1 is 0.923 bits per heavy atom. The normalized spacial score (nSPS) is 14.6. The topological polar surface area (TPSA) is 0 Å². The van der Waals surface area contributed by atoms with Gasteiger partial charge in [-0.2, -0.15) is 0 Å². The van der Waals surface area contributed by atoms with Crippen LogP contribution in [0, 0.1) is 0 Å². The van der Waals surface area contributed by atoms with Gasteiger partial charge in [-0.25, -0.2) is 0 Å². The fourth-order valence-corrected chi connectivity index (χ4v) is 1.46. The third-order valence-corrected chi connectivity index (χ3v) is 2.10. The van der Waals surface area contributed by atoms with Crippen LogP contribution in [-0.4, -0.2) is 0 Å². The molecule has 0 bridgehead atoms. The van der Waals surface area contributed by atoms with Crippen molar-refractivity contribution in [3.8, 4) is 0 Å². The van der Waals surface area contributed by atoms with Gasteiger partial charge in [-0.05, 0) is 24.0 Å². The fourth-order valence-electron chi connectivity index (χ4n) is 1.46. The van der Waals surface area contributed by atoms with E-state index in [4.69, 9.17) is 0 Å². The van der Waals surface area contributed by atoms with E-state index >= 15 is 0 Å². The fraction of sp³-hybridized carbons (Fsp3) is 0.231. The van der Waals surface area contributed by atoms with Crippen molar-refractivity contribution in [2.45, 2.75) is 20.3 Å². The monoisotopic (exact) mass is 172 g/mol. The zero-order valence-electron chi connectivity index (χ0n) is 7.03. The van der Waals surface area contributed by atoms with Gasteiger partial charge in [0.2, 0.25) is 0 Å². The second-order valence-electron chi connectivity index (χ2n) is 3.01. The van der Waals surface area contributed by atoms with Gasteiger partial charge in [0.25, 0.3) is 0 Å². The van der Waals surface area contributed by atoms with Gasteiger partial charge in [-0.15, -0.1) is 0 Å². The van der Waals surface area contributed by atoms with E-state index in [0.717, 1.165) is 0 Å². The van der Waals surface area contributed by atoms with Gasteiger partial charge >= 0.3 is 0 Å². The Morgan fingerprint density at radius 3 is 2.31 bits per heavy atom. The standard InChI is InChI=1S/C12H12.CH4/c1-3-7-11(8-4-1)12-9-5-2-6-10-12;/h1,3-5,7-10H,2,6H2;1H4. The van der Waals surface area contributed by atoms with Crippen LogP contribution in [0.4, 0.5) is 0 Å². The maximum Gasteiger partial charge on any atom is -0.0187 e. The molecule has 0 heterocycles. The Kier molecular flexibility index (Phi) is 3.51. The lowest BCUT2D eigenvalue weighted by molar-refractivity contribution is 1.04. The Labute approximate surface area is 80.6 Å². The molecule has 1 aromatic carbocycles. The van der Waals surface area contributed by atoms with Gasteiger partial charge in [-0.1, -0.05) is 56.0 Å². The molecular weight excluding hydrogens is 156 g/mol. The van der Waals surface area contributed by atoms with Crippen molar-refractivity contribution in [2.24, 2.45) is 0 Å². The zero-order valence-corrected chi connectivity index (χ0v) is 7.03. The summed E-state index contributed by atoms with van der Waals surface area (Å²) in [6.07, 6.45) is 9.12. The highest BCUT2D eigenvalue weighted by Crippen LogP contribution is 2.20. The van der Waals surface area contributed by atoms with Crippen LogP contribution in [0.1, 0.15) is 25.8 Å². The first-order valence-electron chi connectivity index (χ1n) is 4.39. The first-order chi connectivity index (χ1) is 5.97. The Bertz CT molecular complexity index is 304. The highest BCUT2D eigenvalue weighted by Gasteiger charge is 1.98. The van der Waals surface area contributed by atoms with Crippen molar-refractivity contribution in [2.75, 3.05) is 0 Å². The predicted octanol–water partition coefficient (Wildman–Crippen LogP) is 4.06. The van der Waals surface area contributed by atoms with E-state index in [-0.39, 0.29) is 7.43 Å². The molecule has 0 heteroatoms. The van der Waals surface area contributed by atoms with Crippen molar-refractivity contribution >= 4 is 5.57 Å². The lowest BCUT2D eigenvalue weighted by atomic mass is 10.00. The van der Waals surface area contributed by atoms with Crippen LogP contribution in [0.3, 0.4) is 0 Å². The van der Waals surface area contributed by atoms with E-state index < -0.39 is 0 Å². The van der Waals surface area contributed by atoms with Crippen molar-refractivity contribution in [3.05, 3.63) is 54.1 Å². The molecule has 0 saturated carbocycles. The summed E-state index contributed by atoms with van der Waals surface area (Å²) in [5.74, 6) is 0. The molecule has 1 aromatic rings. The van der Waals surface area contributed by atoms with Crippen LogP contribution in [0.15, 0.2) is 48.6 Å². The van der Waals surface area contributed by atoms with Gasteiger partial charge < -0.3 is 0 Å². The minimum atomic E-state index is 0. The summed E-state index contributed by atoms with van der Waals surface area (Å²) in [7, 11) is 0. The van der Waals surface area contributed by atoms with Gasteiger partial charge in [0.1, 0.15) is 0 Å². The zero-order chi connectivity index (χ0) is 8.23. The smallest absolute Gasteiger partial charge is 0.0187 e. The SMILES string of the molecule is C.C1=CC(c2ccccc2)=CCC1. The summed E-state index contributed by atoms with van der Waals surface area (Å²) in [6.45, 7) is 0. The lowest BCUT2D eigenvalue weighted by Gasteiger charge is -2.05. The Morgan fingerprint density at radius 2 is 1.69 bits per heavy atom. The molecule has 0 N–H and O–H groups in total. The van der Waals surface area contributed by atoms with E-state index in [2.05, 4.69) is 48.6 Å². The number of hydrogen-bond donors (Lipinski definition) is 0. The van der Waals surface area contributed by atoms with Gasteiger partial charge in [0, 0.05) is 0 Å². The number of rotatable bonds is 1. The molecule has 0 aliphatic heterocycles. The van der Waals surface area contributed by atoms with Crippen LogP contribution >= 0.6 is 0 Å². The van der Waals surface area contributed by atoms with Crippen LogP contribution in [0.2, 0.25) is 0 Å². The van der Waals surface area contributed by atoms with E-state index in [1.54, 1.807) is 0 Å². The van der Waals surface area contributed by atoms with Crippen LogP contribution in [0.25, 0.3) is 5.57 Å². The molecule has 13 heavy (non-hydrogen) atoms. The van der Waals surface area contributed by atoms with Crippen molar-refractivity contribution in [3.63, 3.8) is 0 Å². The second kappa shape index (κ2) is 4.66. The average molecular weight is 172 g/mol. The van der Waals surface area contributed by atoms with Crippen LogP contribution in [0.5, 0.6) is 0 Å². The molecule has 0 atom stereocenters.